The number of carbonyl (C=O) groups excluding carboxylic acids is 1. The lowest BCUT2D eigenvalue weighted by Gasteiger charge is -2.15. The van der Waals surface area contributed by atoms with Crippen molar-refractivity contribution >= 4 is 45.6 Å². The summed E-state index contributed by atoms with van der Waals surface area (Å²) in [6.45, 7) is 1.31. The predicted molar refractivity (Wildman–Crippen MR) is 128 cm³/mol. The van der Waals surface area contributed by atoms with Gasteiger partial charge in [0.15, 0.2) is 0 Å². The Kier molecular flexibility index (Phi) is 8.53. The molecule has 0 saturated carbocycles. The number of halogens is 2. The molecule has 0 unspecified atom stereocenters. The molecule has 3 aromatic rings. The van der Waals surface area contributed by atoms with Gasteiger partial charge in [-0.2, -0.15) is 0 Å². The molecule has 0 atom stereocenters. The number of rotatable bonds is 10. The summed E-state index contributed by atoms with van der Waals surface area (Å²) in [6, 6.07) is 7.72. The molecule has 8 nitrogen and oxygen atoms in total. The van der Waals surface area contributed by atoms with E-state index in [1.165, 1.54) is 24.5 Å². The van der Waals surface area contributed by atoms with Crippen molar-refractivity contribution in [3.63, 3.8) is 0 Å². The summed E-state index contributed by atoms with van der Waals surface area (Å²) in [5.74, 6) is 0.0950. The van der Waals surface area contributed by atoms with Gasteiger partial charge in [0.05, 0.1) is 22.8 Å². The first-order valence-corrected chi connectivity index (χ1v) is 10.5. The molecule has 0 saturated heterocycles. The molecule has 174 valence electrons. The molecule has 3 rings (SSSR count). The largest absolute Gasteiger partial charge is 0.489 e. The van der Waals surface area contributed by atoms with Crippen LogP contribution in [-0.2, 0) is 9.53 Å². The molecule has 1 amide bonds. The first-order valence-electron chi connectivity index (χ1n) is 10.1. The summed E-state index contributed by atoms with van der Waals surface area (Å²) in [5.41, 5.74) is 1.60. The zero-order valence-corrected chi connectivity index (χ0v) is 19.3. The molecule has 0 aliphatic heterocycles. The Hall–Kier alpha value is -3.27. The maximum atomic E-state index is 13.5. The highest BCUT2D eigenvalue weighted by atomic mass is 35.5. The van der Waals surface area contributed by atoms with E-state index in [0.29, 0.717) is 53.6 Å². The van der Waals surface area contributed by atoms with Gasteiger partial charge in [0, 0.05) is 36.9 Å². The van der Waals surface area contributed by atoms with Crippen LogP contribution in [0.15, 0.2) is 48.8 Å². The molecule has 0 aliphatic rings. The van der Waals surface area contributed by atoms with Crippen LogP contribution in [0.5, 0.6) is 5.75 Å². The molecule has 1 aromatic heterocycles. The summed E-state index contributed by atoms with van der Waals surface area (Å²) in [4.78, 5) is 23.0. The monoisotopic (exact) mass is 473 g/mol. The molecule has 33 heavy (non-hydrogen) atoms. The normalized spacial score (nSPS) is 11.3. The fraction of sp³-hybridized carbons (Fsp3) is 0.261. The number of benzene rings is 2. The molecule has 0 fully saturated rings. The molecule has 2 N–H and O–H groups in total. The van der Waals surface area contributed by atoms with Crippen molar-refractivity contribution in [3.05, 3.63) is 59.7 Å². The van der Waals surface area contributed by atoms with Crippen LogP contribution in [0.25, 0.3) is 10.9 Å². The summed E-state index contributed by atoms with van der Waals surface area (Å²) >= 11 is 5.89. The van der Waals surface area contributed by atoms with Crippen molar-refractivity contribution in [2.75, 3.05) is 51.6 Å². The smallest absolute Gasteiger partial charge is 0.248 e. The van der Waals surface area contributed by atoms with E-state index in [0.717, 1.165) is 0 Å². The minimum absolute atomic E-state index is 0.00958. The maximum absolute atomic E-state index is 13.5. The van der Waals surface area contributed by atoms with Gasteiger partial charge in [-0.15, -0.1) is 0 Å². The van der Waals surface area contributed by atoms with E-state index in [9.17, 15) is 9.18 Å². The number of aromatic nitrogens is 2. The van der Waals surface area contributed by atoms with E-state index in [2.05, 4.69) is 20.6 Å². The van der Waals surface area contributed by atoms with Crippen LogP contribution < -0.4 is 15.4 Å². The summed E-state index contributed by atoms with van der Waals surface area (Å²) < 4.78 is 24.4. The van der Waals surface area contributed by atoms with Crippen LogP contribution in [0.4, 0.5) is 21.6 Å². The number of anilines is 3. The molecule has 1 heterocycles. The van der Waals surface area contributed by atoms with Crippen molar-refractivity contribution < 1.29 is 18.7 Å². The molecule has 0 aliphatic carbocycles. The van der Waals surface area contributed by atoms with Gasteiger partial charge in [-0.3, -0.25) is 4.79 Å². The van der Waals surface area contributed by atoms with Gasteiger partial charge in [-0.25, -0.2) is 14.4 Å². The first kappa shape index (κ1) is 24.4. The van der Waals surface area contributed by atoms with Gasteiger partial charge in [-0.05, 0) is 38.4 Å². The SMILES string of the molecule is COCCOc1cc2ncnc(Nc3ccc(F)c(Cl)c3)c2cc1NC(=O)C=CCN(C)C. The Morgan fingerprint density at radius 3 is 2.76 bits per heavy atom. The molecule has 0 radical (unpaired) electrons. The Labute approximate surface area is 196 Å². The first-order chi connectivity index (χ1) is 15.9. The highest BCUT2D eigenvalue weighted by molar-refractivity contribution is 6.31. The molecule has 2 aromatic carbocycles. The number of nitrogens with zero attached hydrogens (tertiary/aromatic N) is 3. The van der Waals surface area contributed by atoms with E-state index >= 15 is 0 Å². The Morgan fingerprint density at radius 2 is 2.03 bits per heavy atom. The highest BCUT2D eigenvalue weighted by Gasteiger charge is 2.13. The van der Waals surface area contributed by atoms with E-state index in [4.69, 9.17) is 21.1 Å². The third-order valence-corrected chi connectivity index (χ3v) is 4.75. The minimum atomic E-state index is -0.514. The van der Waals surface area contributed by atoms with Gasteiger partial charge < -0.3 is 25.0 Å². The number of fused-ring (bicyclic) bond motifs is 1. The lowest BCUT2D eigenvalue weighted by molar-refractivity contribution is -0.111. The molecular weight excluding hydrogens is 449 g/mol. The number of hydrogen-bond acceptors (Lipinski definition) is 7. The van der Waals surface area contributed by atoms with Crippen molar-refractivity contribution in [2.45, 2.75) is 0 Å². The molecule has 0 spiro atoms. The molecule has 0 bridgehead atoms. The van der Waals surface area contributed by atoms with Gasteiger partial charge in [0.2, 0.25) is 5.91 Å². The zero-order valence-electron chi connectivity index (χ0n) is 18.6. The predicted octanol–water partition coefficient (Wildman–Crippen LogP) is 4.25. The van der Waals surface area contributed by atoms with Crippen LogP contribution >= 0.6 is 11.6 Å². The topological polar surface area (TPSA) is 88.6 Å². The molecular formula is C23H25ClFN5O3. The van der Waals surface area contributed by atoms with Crippen LogP contribution in [0, 0.1) is 5.82 Å². The lowest BCUT2D eigenvalue weighted by Crippen LogP contribution is -2.14. The quantitative estimate of drug-likeness (QED) is 0.336. The second-order valence-corrected chi connectivity index (χ2v) is 7.74. The van der Waals surface area contributed by atoms with Crippen molar-refractivity contribution in [3.8, 4) is 5.75 Å². The number of carbonyl (C=O) groups is 1. The van der Waals surface area contributed by atoms with E-state index in [1.54, 1.807) is 31.4 Å². The van der Waals surface area contributed by atoms with E-state index < -0.39 is 5.82 Å². The third-order valence-electron chi connectivity index (χ3n) is 4.46. The molecule has 10 heteroatoms. The minimum Gasteiger partial charge on any atom is -0.489 e. The summed E-state index contributed by atoms with van der Waals surface area (Å²) in [7, 11) is 5.40. The Morgan fingerprint density at radius 1 is 1.21 bits per heavy atom. The van der Waals surface area contributed by atoms with Crippen molar-refractivity contribution in [1.29, 1.82) is 0 Å². The van der Waals surface area contributed by atoms with Gasteiger partial charge in [0.25, 0.3) is 0 Å². The van der Waals surface area contributed by atoms with Crippen LogP contribution in [0.2, 0.25) is 5.02 Å². The van der Waals surface area contributed by atoms with E-state index in [1.807, 2.05) is 19.0 Å². The Balaban J connectivity index is 1.95. The summed E-state index contributed by atoms with van der Waals surface area (Å²) in [5, 5.41) is 6.59. The highest BCUT2D eigenvalue weighted by Crippen LogP contribution is 2.34. The van der Waals surface area contributed by atoms with Crippen LogP contribution in [0.3, 0.4) is 0 Å². The second-order valence-electron chi connectivity index (χ2n) is 7.34. The fourth-order valence-electron chi connectivity index (χ4n) is 2.89. The van der Waals surface area contributed by atoms with Gasteiger partial charge in [0.1, 0.15) is 30.3 Å². The zero-order chi connectivity index (χ0) is 23.8. The standard InChI is InChI=1S/C23H25ClFN5O3/c1-30(2)8-4-5-22(31)29-20-12-16-19(13-21(20)33-10-9-32-3)26-14-27-23(16)28-15-6-7-18(25)17(24)11-15/h4-7,11-14H,8-10H2,1-3H3,(H,29,31)(H,26,27,28). The number of ether oxygens (including phenoxy) is 2. The van der Waals surface area contributed by atoms with Gasteiger partial charge >= 0.3 is 0 Å². The average molecular weight is 474 g/mol. The number of likely N-dealkylation sites (N-methyl/N-ethyl adjacent to an activating group) is 1. The summed E-state index contributed by atoms with van der Waals surface area (Å²) in [6.07, 6.45) is 4.62. The lowest BCUT2D eigenvalue weighted by atomic mass is 10.1. The Bertz CT molecular complexity index is 1160. The van der Waals surface area contributed by atoms with Crippen molar-refractivity contribution in [1.82, 2.24) is 14.9 Å². The number of amides is 1. The second kappa shape index (κ2) is 11.6. The fourth-order valence-corrected chi connectivity index (χ4v) is 3.07. The number of hydrogen-bond donors (Lipinski definition) is 2. The number of methoxy groups -OCH3 is 1. The van der Waals surface area contributed by atoms with Crippen LogP contribution in [0.1, 0.15) is 0 Å². The maximum Gasteiger partial charge on any atom is 0.248 e. The van der Waals surface area contributed by atoms with Gasteiger partial charge in [-0.1, -0.05) is 17.7 Å². The average Bonchev–Trinajstić information content (AvgIpc) is 2.77. The van der Waals surface area contributed by atoms with Crippen LogP contribution in [-0.4, -0.2) is 61.7 Å². The third kappa shape index (κ3) is 6.85. The van der Waals surface area contributed by atoms with Crippen molar-refractivity contribution in [2.24, 2.45) is 0 Å². The van der Waals surface area contributed by atoms with E-state index in [-0.39, 0.29) is 10.9 Å². The number of nitrogens with one attached hydrogen (secondary N) is 2.